The van der Waals surface area contributed by atoms with E-state index in [4.69, 9.17) is 9.16 Å². The number of hydrogen-bond acceptors (Lipinski definition) is 4. The Balaban J connectivity index is 2.57. The monoisotopic (exact) mass is 265 g/mol. The molecule has 0 aliphatic heterocycles. The van der Waals surface area contributed by atoms with E-state index in [9.17, 15) is 4.79 Å². The van der Waals surface area contributed by atoms with Crippen molar-refractivity contribution in [3.63, 3.8) is 0 Å². The average molecular weight is 265 g/mol. The number of carbonyl (C=O) groups is 1. The van der Waals surface area contributed by atoms with Crippen molar-refractivity contribution in [3.05, 3.63) is 29.8 Å². The van der Waals surface area contributed by atoms with Crippen molar-refractivity contribution in [1.29, 1.82) is 0 Å². The van der Waals surface area contributed by atoms with Crippen LogP contribution in [0.15, 0.2) is 29.3 Å². The zero-order valence-corrected chi connectivity index (χ0v) is 12.3. The van der Waals surface area contributed by atoms with Gasteiger partial charge in [0, 0.05) is 11.8 Å². The summed E-state index contributed by atoms with van der Waals surface area (Å²) in [5, 5.41) is 0. The van der Waals surface area contributed by atoms with E-state index in [-0.39, 0.29) is 12.5 Å². The minimum Gasteiger partial charge on any atom is -0.519 e. The van der Waals surface area contributed by atoms with Gasteiger partial charge in [-0.3, -0.25) is 9.79 Å². The van der Waals surface area contributed by atoms with Crippen LogP contribution in [0.1, 0.15) is 5.56 Å². The molecule has 0 aliphatic carbocycles. The fraction of sp³-hybridized carbons (Fsp3) is 0.385. The third kappa shape index (κ3) is 5.14. The molecule has 1 rings (SSSR count). The molecule has 0 aromatic heterocycles. The highest BCUT2D eigenvalue weighted by molar-refractivity contribution is 6.71. The van der Waals surface area contributed by atoms with Crippen molar-refractivity contribution in [2.45, 2.75) is 19.6 Å². The van der Waals surface area contributed by atoms with Crippen LogP contribution >= 0.6 is 0 Å². The van der Waals surface area contributed by atoms with Crippen LogP contribution in [0.3, 0.4) is 0 Å². The molecule has 5 heteroatoms. The molecular formula is C13H19NO3Si. The van der Waals surface area contributed by atoms with Crippen LogP contribution in [-0.4, -0.2) is 34.2 Å². The molecule has 0 aliphatic rings. The molecule has 1 aromatic rings. The predicted octanol–water partition coefficient (Wildman–Crippen LogP) is 2.49. The Labute approximate surface area is 109 Å². The van der Waals surface area contributed by atoms with Crippen molar-refractivity contribution in [2.24, 2.45) is 4.99 Å². The second kappa shape index (κ2) is 6.35. The number of para-hydroxylation sites is 1. The fourth-order valence-electron chi connectivity index (χ4n) is 1.37. The molecule has 0 fully saturated rings. The van der Waals surface area contributed by atoms with Gasteiger partial charge >= 0.3 is 5.97 Å². The lowest BCUT2D eigenvalue weighted by atomic mass is 10.2. The molecule has 0 spiro atoms. The van der Waals surface area contributed by atoms with Crippen LogP contribution in [0.5, 0.6) is 5.75 Å². The van der Waals surface area contributed by atoms with Gasteiger partial charge < -0.3 is 9.16 Å². The molecule has 0 atom stereocenters. The van der Waals surface area contributed by atoms with Crippen molar-refractivity contribution < 1.29 is 14.0 Å². The van der Waals surface area contributed by atoms with Gasteiger partial charge in [0.2, 0.25) is 8.32 Å². The van der Waals surface area contributed by atoms with E-state index >= 15 is 0 Å². The van der Waals surface area contributed by atoms with Gasteiger partial charge in [-0.05, 0) is 31.8 Å². The molecule has 0 radical (unpaired) electrons. The lowest BCUT2D eigenvalue weighted by Crippen LogP contribution is -2.30. The number of aliphatic imine (C=N–C) groups is 1. The Kier molecular flexibility index (Phi) is 5.09. The summed E-state index contributed by atoms with van der Waals surface area (Å²) in [4.78, 5) is 15.5. The minimum absolute atomic E-state index is 0.0440. The number of methoxy groups -OCH3 is 1. The first kappa shape index (κ1) is 14.4. The van der Waals surface area contributed by atoms with Crippen molar-refractivity contribution in [3.8, 4) is 5.75 Å². The number of ether oxygens (including phenoxy) is 1. The molecule has 0 saturated carbocycles. The van der Waals surface area contributed by atoms with Crippen LogP contribution in [0.4, 0.5) is 0 Å². The van der Waals surface area contributed by atoms with Gasteiger partial charge in [-0.2, -0.15) is 0 Å². The summed E-state index contributed by atoms with van der Waals surface area (Å²) < 4.78 is 10.5. The Hall–Kier alpha value is -1.62. The van der Waals surface area contributed by atoms with Gasteiger partial charge in [-0.1, -0.05) is 12.1 Å². The van der Waals surface area contributed by atoms with Crippen LogP contribution in [0, 0.1) is 0 Å². The largest absolute Gasteiger partial charge is 0.519 e. The lowest BCUT2D eigenvalue weighted by Gasteiger charge is -2.16. The summed E-state index contributed by atoms with van der Waals surface area (Å²) in [5.74, 6) is 0.458. The van der Waals surface area contributed by atoms with Crippen LogP contribution < -0.4 is 4.74 Å². The normalized spacial score (nSPS) is 11.6. The predicted molar refractivity (Wildman–Crippen MR) is 74.9 cm³/mol. The van der Waals surface area contributed by atoms with Crippen LogP contribution in [-0.2, 0) is 9.22 Å². The molecule has 0 amide bonds. The topological polar surface area (TPSA) is 47.9 Å². The molecule has 18 heavy (non-hydrogen) atoms. The van der Waals surface area contributed by atoms with E-state index < -0.39 is 8.32 Å². The van der Waals surface area contributed by atoms with E-state index in [1.54, 1.807) is 13.3 Å². The molecule has 0 bridgehead atoms. The lowest BCUT2D eigenvalue weighted by molar-refractivity contribution is -0.133. The van der Waals surface area contributed by atoms with Gasteiger partial charge in [-0.15, -0.1) is 0 Å². The van der Waals surface area contributed by atoms with E-state index in [1.165, 1.54) is 0 Å². The maximum atomic E-state index is 11.5. The molecule has 0 saturated heterocycles. The van der Waals surface area contributed by atoms with Crippen molar-refractivity contribution >= 4 is 20.5 Å². The average Bonchev–Trinajstić information content (AvgIpc) is 2.27. The van der Waals surface area contributed by atoms with E-state index in [2.05, 4.69) is 4.99 Å². The van der Waals surface area contributed by atoms with Crippen molar-refractivity contribution in [1.82, 2.24) is 0 Å². The quantitative estimate of drug-likeness (QED) is 0.607. The van der Waals surface area contributed by atoms with Gasteiger partial charge in [0.1, 0.15) is 12.3 Å². The minimum atomic E-state index is -1.82. The number of nitrogens with zero attached hydrogens (tertiary/aromatic N) is 1. The second-order valence-corrected chi connectivity index (χ2v) is 9.23. The molecule has 0 N–H and O–H groups in total. The number of carbonyl (C=O) groups excluding carboxylic acids is 1. The Morgan fingerprint density at radius 3 is 2.61 bits per heavy atom. The van der Waals surface area contributed by atoms with Gasteiger partial charge in [0.05, 0.1) is 7.11 Å². The summed E-state index contributed by atoms with van der Waals surface area (Å²) in [6.45, 7) is 5.95. The highest BCUT2D eigenvalue weighted by Crippen LogP contribution is 2.14. The van der Waals surface area contributed by atoms with Crippen molar-refractivity contribution in [2.75, 3.05) is 13.7 Å². The molecule has 0 unspecified atom stereocenters. The summed E-state index contributed by atoms with van der Waals surface area (Å²) in [5.41, 5.74) is 0.848. The number of rotatable bonds is 5. The molecule has 0 heterocycles. The Morgan fingerprint density at radius 1 is 1.33 bits per heavy atom. The molecule has 1 aromatic carbocycles. The number of hydrogen-bond donors (Lipinski definition) is 0. The van der Waals surface area contributed by atoms with E-state index in [0.29, 0.717) is 0 Å². The van der Waals surface area contributed by atoms with E-state index in [0.717, 1.165) is 11.3 Å². The highest BCUT2D eigenvalue weighted by atomic mass is 28.4. The van der Waals surface area contributed by atoms with Gasteiger partial charge in [0.15, 0.2) is 0 Å². The van der Waals surface area contributed by atoms with Gasteiger partial charge in [0.25, 0.3) is 0 Å². The second-order valence-electron chi connectivity index (χ2n) is 4.80. The maximum Gasteiger partial charge on any atom is 0.314 e. The van der Waals surface area contributed by atoms with E-state index in [1.807, 2.05) is 43.9 Å². The first-order valence-electron chi connectivity index (χ1n) is 5.77. The van der Waals surface area contributed by atoms with Crippen LogP contribution in [0.2, 0.25) is 19.6 Å². The molecule has 4 nitrogen and oxygen atoms in total. The Bertz CT molecular complexity index is 438. The number of benzene rings is 1. The summed E-state index contributed by atoms with van der Waals surface area (Å²) in [7, 11) is -0.212. The third-order valence-corrected chi connectivity index (χ3v) is 2.85. The fourth-order valence-corrected chi connectivity index (χ4v) is 2.11. The maximum absolute atomic E-state index is 11.5. The zero-order valence-electron chi connectivity index (χ0n) is 11.3. The Morgan fingerprint density at radius 2 is 2.00 bits per heavy atom. The summed E-state index contributed by atoms with van der Waals surface area (Å²) in [6, 6.07) is 7.51. The summed E-state index contributed by atoms with van der Waals surface area (Å²) in [6.07, 6.45) is 1.63. The van der Waals surface area contributed by atoms with Crippen LogP contribution in [0.25, 0.3) is 0 Å². The SMILES string of the molecule is COc1ccccc1C=NCC(=O)O[Si](C)(C)C. The highest BCUT2D eigenvalue weighted by Gasteiger charge is 2.19. The standard InChI is InChI=1S/C13H19NO3Si/c1-16-12-8-6-5-7-11(12)9-14-10-13(15)17-18(2,3)4/h5-9H,10H2,1-4H3. The summed E-state index contributed by atoms with van der Waals surface area (Å²) >= 11 is 0. The zero-order chi connectivity index (χ0) is 13.6. The first-order chi connectivity index (χ1) is 8.42. The molecule has 98 valence electrons. The molecular weight excluding hydrogens is 246 g/mol. The smallest absolute Gasteiger partial charge is 0.314 e. The first-order valence-corrected chi connectivity index (χ1v) is 9.18. The van der Waals surface area contributed by atoms with Gasteiger partial charge in [-0.25, -0.2) is 0 Å². The third-order valence-electron chi connectivity index (χ3n) is 2.01.